The van der Waals surface area contributed by atoms with Gasteiger partial charge in [0.05, 0.1) is 5.60 Å². The number of ketones is 2. The Hall–Kier alpha value is -0.960. The third-order valence-corrected chi connectivity index (χ3v) is 6.98. The van der Waals surface area contributed by atoms with Crippen LogP contribution < -0.4 is 0 Å². The summed E-state index contributed by atoms with van der Waals surface area (Å²) in [6.45, 7) is 5.32. The highest BCUT2D eigenvalue weighted by Gasteiger charge is 2.58. The molecule has 0 radical (unpaired) electrons. The number of fused-ring (bicyclic) bond motifs is 5. The molecule has 4 rings (SSSR count). The van der Waals surface area contributed by atoms with Crippen LogP contribution in [0.4, 0.5) is 0 Å². The molecular weight excluding hydrogens is 264 g/mol. The van der Waals surface area contributed by atoms with Crippen molar-refractivity contribution >= 4 is 11.6 Å². The molecule has 0 bridgehead atoms. The van der Waals surface area contributed by atoms with Crippen LogP contribution in [0.3, 0.4) is 0 Å². The summed E-state index contributed by atoms with van der Waals surface area (Å²) >= 11 is 0. The summed E-state index contributed by atoms with van der Waals surface area (Å²) in [4.78, 5) is 24.4. The fraction of sp³-hybridized carbons (Fsp3) is 0.778. The Labute approximate surface area is 126 Å². The third kappa shape index (κ3) is 1.76. The van der Waals surface area contributed by atoms with E-state index < -0.39 is 0 Å². The van der Waals surface area contributed by atoms with Crippen LogP contribution in [-0.4, -0.2) is 23.8 Å². The van der Waals surface area contributed by atoms with E-state index in [1.165, 1.54) is 0 Å². The topological polar surface area (TPSA) is 43.4 Å². The highest BCUT2D eigenvalue weighted by atomic mass is 16.5. The van der Waals surface area contributed by atoms with Gasteiger partial charge in [0.1, 0.15) is 0 Å². The van der Waals surface area contributed by atoms with E-state index in [-0.39, 0.29) is 22.6 Å². The molecule has 3 fully saturated rings. The fourth-order valence-electron chi connectivity index (χ4n) is 5.79. The van der Waals surface area contributed by atoms with Gasteiger partial charge in [0, 0.05) is 25.0 Å². The normalized spacial score (nSPS) is 49.2. The largest absolute Gasteiger partial charge is 0.375 e. The molecule has 0 spiro atoms. The van der Waals surface area contributed by atoms with Gasteiger partial charge in [-0.25, -0.2) is 0 Å². The van der Waals surface area contributed by atoms with Crippen LogP contribution in [0.5, 0.6) is 0 Å². The Balaban J connectivity index is 1.75. The highest BCUT2D eigenvalue weighted by molar-refractivity contribution is 6.05. The molecule has 1 heterocycles. The first kappa shape index (κ1) is 13.7. The molecule has 2 saturated carbocycles. The summed E-state index contributed by atoms with van der Waals surface area (Å²) in [5.41, 5.74) is 0.754. The van der Waals surface area contributed by atoms with Crippen molar-refractivity contribution in [3.8, 4) is 0 Å². The van der Waals surface area contributed by atoms with Crippen LogP contribution in [0.15, 0.2) is 11.6 Å². The zero-order valence-corrected chi connectivity index (χ0v) is 13.0. The second-order valence-electron chi connectivity index (χ2n) is 7.93. The first-order valence-electron chi connectivity index (χ1n) is 8.36. The molecule has 5 atom stereocenters. The molecule has 1 saturated heterocycles. The number of rotatable bonds is 0. The lowest BCUT2D eigenvalue weighted by Gasteiger charge is -2.55. The van der Waals surface area contributed by atoms with E-state index in [1.807, 2.05) is 0 Å². The van der Waals surface area contributed by atoms with Gasteiger partial charge < -0.3 is 4.74 Å². The van der Waals surface area contributed by atoms with Crippen molar-refractivity contribution in [3.63, 3.8) is 0 Å². The summed E-state index contributed by atoms with van der Waals surface area (Å²) in [6, 6.07) is 0. The minimum Gasteiger partial charge on any atom is -0.375 e. The van der Waals surface area contributed by atoms with Crippen LogP contribution in [0.2, 0.25) is 0 Å². The Morgan fingerprint density at radius 1 is 1.14 bits per heavy atom. The SMILES string of the molecule is C[C@]12CCC(=O)C=C1C(=O)C[C@@H]1[C@H]2CC[C@]2(C)OCC[C@@H]12. The van der Waals surface area contributed by atoms with Gasteiger partial charge in [-0.3, -0.25) is 9.59 Å². The molecule has 3 heteroatoms. The molecule has 0 N–H and O–H groups in total. The molecular formula is C18H24O3. The summed E-state index contributed by atoms with van der Waals surface area (Å²) < 4.78 is 6.03. The predicted molar refractivity (Wildman–Crippen MR) is 78.7 cm³/mol. The molecule has 0 amide bonds. The molecule has 0 aromatic rings. The van der Waals surface area contributed by atoms with Crippen molar-refractivity contribution in [1.29, 1.82) is 0 Å². The molecule has 0 aromatic carbocycles. The first-order valence-corrected chi connectivity index (χ1v) is 8.36. The van der Waals surface area contributed by atoms with Gasteiger partial charge in [-0.05, 0) is 61.9 Å². The maximum absolute atomic E-state index is 12.7. The van der Waals surface area contributed by atoms with E-state index in [9.17, 15) is 9.59 Å². The molecule has 114 valence electrons. The van der Waals surface area contributed by atoms with E-state index in [0.717, 1.165) is 37.9 Å². The Kier molecular flexibility index (Phi) is 2.79. The summed E-state index contributed by atoms with van der Waals surface area (Å²) in [6.07, 6.45) is 7.09. The number of carbonyl (C=O) groups is 2. The lowest BCUT2D eigenvalue weighted by Crippen LogP contribution is -2.54. The van der Waals surface area contributed by atoms with Gasteiger partial charge in [0.25, 0.3) is 0 Å². The lowest BCUT2D eigenvalue weighted by atomic mass is 9.48. The summed E-state index contributed by atoms with van der Waals surface area (Å²) in [7, 11) is 0. The van der Waals surface area contributed by atoms with Crippen molar-refractivity contribution < 1.29 is 14.3 Å². The molecule has 1 aliphatic heterocycles. The van der Waals surface area contributed by atoms with Crippen molar-refractivity contribution in [1.82, 2.24) is 0 Å². The number of allylic oxidation sites excluding steroid dienone is 2. The number of Topliss-reactive ketones (excluding diaryl/α,β-unsaturated/α-hetero) is 1. The Morgan fingerprint density at radius 3 is 2.76 bits per heavy atom. The van der Waals surface area contributed by atoms with Gasteiger partial charge in [0.2, 0.25) is 0 Å². The minimum atomic E-state index is -0.0716. The van der Waals surface area contributed by atoms with E-state index in [2.05, 4.69) is 13.8 Å². The van der Waals surface area contributed by atoms with Crippen molar-refractivity contribution in [2.45, 2.75) is 58.0 Å². The maximum Gasteiger partial charge on any atom is 0.159 e. The van der Waals surface area contributed by atoms with Crippen molar-refractivity contribution in [2.75, 3.05) is 6.61 Å². The van der Waals surface area contributed by atoms with E-state index in [4.69, 9.17) is 4.74 Å². The summed E-state index contributed by atoms with van der Waals surface area (Å²) in [5.74, 6) is 1.89. The van der Waals surface area contributed by atoms with Crippen molar-refractivity contribution in [3.05, 3.63) is 11.6 Å². The number of hydrogen-bond donors (Lipinski definition) is 0. The minimum absolute atomic E-state index is 0.0104. The number of hydrogen-bond acceptors (Lipinski definition) is 3. The second kappa shape index (κ2) is 4.28. The predicted octanol–water partition coefficient (Wildman–Crippen LogP) is 3.08. The lowest BCUT2D eigenvalue weighted by molar-refractivity contribution is -0.134. The quantitative estimate of drug-likeness (QED) is 0.688. The van der Waals surface area contributed by atoms with Crippen LogP contribution in [0.1, 0.15) is 52.4 Å². The van der Waals surface area contributed by atoms with Gasteiger partial charge >= 0.3 is 0 Å². The van der Waals surface area contributed by atoms with Gasteiger partial charge in [0.15, 0.2) is 11.6 Å². The van der Waals surface area contributed by atoms with Crippen LogP contribution >= 0.6 is 0 Å². The molecule has 0 unspecified atom stereocenters. The van der Waals surface area contributed by atoms with Crippen LogP contribution in [0, 0.1) is 23.2 Å². The Morgan fingerprint density at radius 2 is 1.95 bits per heavy atom. The smallest absolute Gasteiger partial charge is 0.159 e. The highest BCUT2D eigenvalue weighted by Crippen LogP contribution is 2.61. The zero-order chi connectivity index (χ0) is 14.8. The maximum atomic E-state index is 12.7. The zero-order valence-electron chi connectivity index (χ0n) is 13.0. The van der Waals surface area contributed by atoms with E-state index in [1.54, 1.807) is 6.08 Å². The molecule has 21 heavy (non-hydrogen) atoms. The second-order valence-corrected chi connectivity index (χ2v) is 7.93. The molecule has 3 nitrogen and oxygen atoms in total. The van der Waals surface area contributed by atoms with Gasteiger partial charge in [-0.2, -0.15) is 0 Å². The number of ether oxygens (including phenoxy) is 1. The standard InChI is InChI=1S/C18H24O3/c1-17-6-3-11(19)9-15(17)16(20)10-12-13(17)4-7-18(2)14(12)5-8-21-18/h9,12-14H,3-8,10H2,1-2H3/t12-,13-,14+,17-,18+/m1/s1. The first-order chi connectivity index (χ1) is 9.94. The Bertz CT molecular complexity index is 549. The van der Waals surface area contributed by atoms with Crippen molar-refractivity contribution in [2.24, 2.45) is 23.2 Å². The average Bonchev–Trinajstić information content (AvgIpc) is 2.83. The fourth-order valence-corrected chi connectivity index (χ4v) is 5.79. The number of carbonyl (C=O) groups excluding carboxylic acids is 2. The molecule has 0 aromatic heterocycles. The van der Waals surface area contributed by atoms with Crippen LogP contribution in [0.25, 0.3) is 0 Å². The third-order valence-electron chi connectivity index (χ3n) is 6.98. The van der Waals surface area contributed by atoms with Crippen LogP contribution in [-0.2, 0) is 14.3 Å². The monoisotopic (exact) mass is 288 g/mol. The van der Waals surface area contributed by atoms with E-state index >= 15 is 0 Å². The molecule has 4 aliphatic rings. The molecule has 3 aliphatic carbocycles. The van der Waals surface area contributed by atoms with Gasteiger partial charge in [-0.15, -0.1) is 0 Å². The average molecular weight is 288 g/mol. The van der Waals surface area contributed by atoms with Gasteiger partial charge in [-0.1, -0.05) is 6.92 Å². The summed E-state index contributed by atoms with van der Waals surface area (Å²) in [5, 5.41) is 0. The van der Waals surface area contributed by atoms with E-state index in [0.29, 0.717) is 30.6 Å².